The lowest BCUT2D eigenvalue weighted by atomic mass is 10.3. The Morgan fingerprint density at radius 2 is 1.71 bits per heavy atom. The number of nitrogens with one attached hydrogen (secondary N) is 2. The zero-order chi connectivity index (χ0) is 23.2. The summed E-state index contributed by atoms with van der Waals surface area (Å²) in [5, 5.41) is 2.97. The Morgan fingerprint density at radius 1 is 1.06 bits per heavy atom. The number of carbonyl (C=O) groups is 1. The van der Waals surface area contributed by atoms with E-state index in [1.165, 1.54) is 56.6 Å². The number of anilines is 1. The molecule has 170 valence electrons. The average Bonchev–Trinajstić information content (AvgIpc) is 2.69. The fourth-order valence-corrected chi connectivity index (χ4v) is 4.69. The molecular weight excluding hydrogens is 466 g/mol. The Balaban J connectivity index is 2.06. The van der Waals surface area contributed by atoms with Crippen molar-refractivity contribution in [3.63, 3.8) is 0 Å². The van der Waals surface area contributed by atoms with Crippen LogP contribution in [0.15, 0.2) is 52.3 Å². The molecule has 0 unspecified atom stereocenters. The SMILES string of the molecule is CCOc1ccc(NC(=O)CCNS(=O)(=O)c2ccc(Cl)cc2)cc1S(=O)(=O)N(C)C. The molecule has 0 saturated carbocycles. The first-order valence-corrected chi connectivity index (χ1v) is 12.5. The van der Waals surface area contributed by atoms with Crippen molar-refractivity contribution >= 4 is 43.2 Å². The van der Waals surface area contributed by atoms with Crippen molar-refractivity contribution in [2.75, 3.05) is 32.6 Å². The number of hydrogen-bond acceptors (Lipinski definition) is 6. The number of hydrogen-bond donors (Lipinski definition) is 2. The maximum atomic E-state index is 12.6. The van der Waals surface area contributed by atoms with Crippen molar-refractivity contribution in [2.24, 2.45) is 0 Å². The molecule has 0 saturated heterocycles. The second-order valence-corrected chi connectivity index (χ2v) is 10.9. The topological polar surface area (TPSA) is 122 Å². The van der Waals surface area contributed by atoms with E-state index in [4.69, 9.17) is 16.3 Å². The highest BCUT2D eigenvalue weighted by atomic mass is 35.5. The fourth-order valence-electron chi connectivity index (χ4n) is 2.48. The summed E-state index contributed by atoms with van der Waals surface area (Å²) in [6.45, 7) is 1.86. The van der Waals surface area contributed by atoms with Crippen molar-refractivity contribution in [3.05, 3.63) is 47.5 Å². The molecule has 2 aromatic rings. The van der Waals surface area contributed by atoms with Gasteiger partial charge in [-0.3, -0.25) is 4.79 Å². The second-order valence-electron chi connectivity index (χ2n) is 6.53. The van der Waals surface area contributed by atoms with Crippen LogP contribution in [-0.4, -0.2) is 54.3 Å². The summed E-state index contributed by atoms with van der Waals surface area (Å²) >= 11 is 5.75. The molecule has 0 atom stereocenters. The van der Waals surface area contributed by atoms with Gasteiger partial charge < -0.3 is 10.1 Å². The van der Waals surface area contributed by atoms with E-state index < -0.39 is 26.0 Å². The van der Waals surface area contributed by atoms with Crippen LogP contribution < -0.4 is 14.8 Å². The normalized spacial score (nSPS) is 12.0. The quantitative estimate of drug-likeness (QED) is 0.528. The van der Waals surface area contributed by atoms with Gasteiger partial charge >= 0.3 is 0 Å². The molecule has 0 heterocycles. The summed E-state index contributed by atoms with van der Waals surface area (Å²) in [6.07, 6.45) is -0.157. The van der Waals surface area contributed by atoms with E-state index in [-0.39, 0.29) is 40.8 Å². The van der Waals surface area contributed by atoms with Crippen LogP contribution >= 0.6 is 11.6 Å². The molecule has 0 bridgehead atoms. The van der Waals surface area contributed by atoms with Gasteiger partial charge in [0.1, 0.15) is 10.6 Å². The van der Waals surface area contributed by atoms with Crippen molar-refractivity contribution in [3.8, 4) is 5.75 Å². The van der Waals surface area contributed by atoms with Crippen LogP contribution in [0, 0.1) is 0 Å². The van der Waals surface area contributed by atoms with Gasteiger partial charge in [-0.1, -0.05) is 11.6 Å². The third kappa shape index (κ3) is 6.65. The van der Waals surface area contributed by atoms with Crippen molar-refractivity contribution < 1.29 is 26.4 Å². The van der Waals surface area contributed by atoms with Gasteiger partial charge in [0.15, 0.2) is 0 Å². The molecule has 2 N–H and O–H groups in total. The van der Waals surface area contributed by atoms with Crippen LogP contribution in [0.4, 0.5) is 5.69 Å². The molecule has 31 heavy (non-hydrogen) atoms. The van der Waals surface area contributed by atoms with Gasteiger partial charge in [0.25, 0.3) is 0 Å². The molecule has 12 heteroatoms. The van der Waals surface area contributed by atoms with Gasteiger partial charge in [-0.2, -0.15) is 0 Å². The molecule has 0 spiro atoms. The largest absolute Gasteiger partial charge is 0.492 e. The van der Waals surface area contributed by atoms with E-state index in [0.29, 0.717) is 5.02 Å². The van der Waals surface area contributed by atoms with Crippen molar-refractivity contribution in [1.82, 2.24) is 9.03 Å². The summed E-state index contributed by atoms with van der Waals surface area (Å²) in [5.41, 5.74) is 0.245. The lowest BCUT2D eigenvalue weighted by Crippen LogP contribution is -2.28. The third-order valence-electron chi connectivity index (χ3n) is 4.05. The van der Waals surface area contributed by atoms with E-state index in [0.717, 1.165) is 4.31 Å². The highest BCUT2D eigenvalue weighted by Gasteiger charge is 2.23. The smallest absolute Gasteiger partial charge is 0.246 e. The van der Waals surface area contributed by atoms with E-state index in [9.17, 15) is 21.6 Å². The molecule has 0 fully saturated rings. The Labute approximate surface area is 187 Å². The number of amides is 1. The standard InChI is InChI=1S/C19H24ClN3O6S2/c1-4-29-17-10-7-15(13-18(17)31(27,28)23(2)3)22-19(24)11-12-21-30(25,26)16-8-5-14(20)6-9-16/h5-10,13,21H,4,11-12H2,1-3H3,(H,22,24). The monoisotopic (exact) mass is 489 g/mol. The van der Waals surface area contributed by atoms with Crippen LogP contribution in [0.3, 0.4) is 0 Å². The first kappa shape index (κ1) is 25.1. The highest BCUT2D eigenvalue weighted by molar-refractivity contribution is 7.89. The molecule has 2 aromatic carbocycles. The minimum atomic E-state index is -3.80. The molecule has 0 aromatic heterocycles. The number of ether oxygens (including phenoxy) is 1. The zero-order valence-electron chi connectivity index (χ0n) is 17.3. The van der Waals surface area contributed by atoms with Gasteiger partial charge in [0, 0.05) is 37.8 Å². The van der Waals surface area contributed by atoms with Gasteiger partial charge in [0.2, 0.25) is 26.0 Å². The van der Waals surface area contributed by atoms with Gasteiger partial charge in [0.05, 0.1) is 11.5 Å². The Kier molecular flexibility index (Phi) is 8.43. The number of carbonyl (C=O) groups excluding carboxylic acids is 1. The van der Waals surface area contributed by atoms with Crippen LogP contribution in [0.2, 0.25) is 5.02 Å². The summed E-state index contributed by atoms with van der Waals surface area (Å²) < 4.78 is 58.3. The molecule has 9 nitrogen and oxygen atoms in total. The lowest BCUT2D eigenvalue weighted by molar-refractivity contribution is -0.116. The zero-order valence-corrected chi connectivity index (χ0v) is 19.6. The maximum absolute atomic E-state index is 12.6. The number of sulfonamides is 2. The predicted molar refractivity (Wildman–Crippen MR) is 118 cm³/mol. The molecule has 0 aliphatic rings. The van der Waals surface area contributed by atoms with Gasteiger partial charge in [-0.25, -0.2) is 25.9 Å². The van der Waals surface area contributed by atoms with E-state index in [2.05, 4.69) is 10.0 Å². The highest BCUT2D eigenvalue weighted by Crippen LogP contribution is 2.29. The number of nitrogens with zero attached hydrogens (tertiary/aromatic N) is 1. The van der Waals surface area contributed by atoms with Crippen LogP contribution in [0.25, 0.3) is 0 Å². The lowest BCUT2D eigenvalue weighted by Gasteiger charge is -2.16. The number of halogens is 1. The fraction of sp³-hybridized carbons (Fsp3) is 0.316. The predicted octanol–water partition coefficient (Wildman–Crippen LogP) is 2.30. The van der Waals surface area contributed by atoms with E-state index >= 15 is 0 Å². The van der Waals surface area contributed by atoms with E-state index in [1.807, 2.05) is 0 Å². The van der Waals surface area contributed by atoms with E-state index in [1.54, 1.807) is 6.92 Å². The Morgan fingerprint density at radius 3 is 2.29 bits per heavy atom. The molecule has 2 rings (SSSR count). The van der Waals surface area contributed by atoms with Gasteiger partial charge in [-0.15, -0.1) is 0 Å². The number of rotatable bonds is 10. The van der Waals surface area contributed by atoms with Crippen LogP contribution in [-0.2, 0) is 24.8 Å². The maximum Gasteiger partial charge on any atom is 0.246 e. The number of benzene rings is 2. The summed E-state index contributed by atoms with van der Waals surface area (Å²) in [5.74, 6) is -0.318. The second kappa shape index (κ2) is 10.4. The summed E-state index contributed by atoms with van der Waals surface area (Å²) in [6, 6.07) is 9.89. The molecule has 0 radical (unpaired) electrons. The van der Waals surface area contributed by atoms with Crippen LogP contribution in [0.1, 0.15) is 13.3 Å². The van der Waals surface area contributed by atoms with Crippen molar-refractivity contribution in [1.29, 1.82) is 0 Å². The molecular formula is C19H24ClN3O6S2. The molecule has 1 amide bonds. The van der Waals surface area contributed by atoms with Crippen molar-refractivity contribution in [2.45, 2.75) is 23.1 Å². The Bertz CT molecular complexity index is 1130. The minimum absolute atomic E-state index is 0.0300. The minimum Gasteiger partial charge on any atom is -0.492 e. The Hall–Kier alpha value is -2.18. The average molecular weight is 490 g/mol. The summed E-state index contributed by atoms with van der Waals surface area (Å²) in [7, 11) is -4.80. The molecule has 0 aliphatic carbocycles. The van der Waals surface area contributed by atoms with Gasteiger partial charge in [-0.05, 0) is 49.4 Å². The first-order valence-electron chi connectivity index (χ1n) is 9.22. The summed E-state index contributed by atoms with van der Waals surface area (Å²) in [4.78, 5) is 12.2. The molecule has 0 aliphatic heterocycles. The first-order chi connectivity index (χ1) is 14.5. The third-order valence-corrected chi connectivity index (χ3v) is 7.62. The van der Waals surface area contributed by atoms with Crippen LogP contribution in [0.5, 0.6) is 5.75 Å².